The number of aromatic nitrogens is 1. The van der Waals surface area contributed by atoms with Crippen LogP contribution in [-0.2, 0) is 16.1 Å². The molecule has 3 fully saturated rings. The Balaban J connectivity index is 1.15. The molecular formula is C36H26BrClN2O4S2. The van der Waals surface area contributed by atoms with Gasteiger partial charge in [0, 0.05) is 20.3 Å². The van der Waals surface area contributed by atoms with Crippen molar-refractivity contribution in [1.82, 2.24) is 4.57 Å². The van der Waals surface area contributed by atoms with Crippen LogP contribution in [0.3, 0.4) is 0 Å². The summed E-state index contributed by atoms with van der Waals surface area (Å²) < 4.78 is 9.53. The van der Waals surface area contributed by atoms with Crippen molar-refractivity contribution in [1.29, 1.82) is 0 Å². The molecule has 7 atom stereocenters. The first-order valence-electron chi connectivity index (χ1n) is 15.3. The number of thioether (sulfide) groups is 1. The minimum absolute atomic E-state index is 0.000349. The fraction of sp³-hybridized carbons (Fsp3) is 0.250. The van der Waals surface area contributed by atoms with E-state index >= 15 is 0 Å². The van der Waals surface area contributed by atoms with E-state index in [2.05, 4.69) is 15.9 Å². The Bertz CT molecular complexity index is 2070. The highest BCUT2D eigenvalue weighted by Crippen LogP contribution is 2.69. The highest BCUT2D eigenvalue weighted by Gasteiger charge is 2.70. The second-order valence-electron chi connectivity index (χ2n) is 12.6. The molecule has 3 aromatic carbocycles. The molecule has 2 bridgehead atoms. The van der Waals surface area contributed by atoms with Gasteiger partial charge >= 0.3 is 4.87 Å². The van der Waals surface area contributed by atoms with Gasteiger partial charge in [-0.15, -0.1) is 11.8 Å². The normalized spacial score (nSPS) is 27.6. The molecule has 230 valence electrons. The summed E-state index contributed by atoms with van der Waals surface area (Å²) in [4.78, 5) is 44.2. The third kappa shape index (κ3) is 4.31. The molecule has 2 saturated carbocycles. The lowest BCUT2D eigenvalue weighted by atomic mass is 9.69. The molecule has 0 N–H and O–H groups in total. The van der Waals surface area contributed by atoms with Gasteiger partial charge in [0.1, 0.15) is 11.5 Å². The number of imide groups is 1. The second-order valence-corrected chi connectivity index (χ2v) is 16.1. The van der Waals surface area contributed by atoms with Gasteiger partial charge in [0.05, 0.1) is 39.9 Å². The van der Waals surface area contributed by atoms with Gasteiger partial charge in [0.2, 0.25) is 11.8 Å². The largest absolute Gasteiger partial charge is 0.460 e. The number of hydrogen-bond acceptors (Lipinski definition) is 6. The van der Waals surface area contributed by atoms with Gasteiger partial charge in [-0.25, -0.2) is 0 Å². The first-order valence-corrected chi connectivity index (χ1v) is 18.2. The van der Waals surface area contributed by atoms with Crippen molar-refractivity contribution in [3.05, 3.63) is 126 Å². The average molecular weight is 730 g/mol. The molecule has 10 heteroatoms. The fourth-order valence-electron chi connectivity index (χ4n) is 8.47. The van der Waals surface area contributed by atoms with Crippen LogP contribution < -0.4 is 9.77 Å². The quantitative estimate of drug-likeness (QED) is 0.170. The lowest BCUT2D eigenvalue weighted by molar-refractivity contribution is -0.123. The van der Waals surface area contributed by atoms with Crippen LogP contribution in [0.1, 0.15) is 28.5 Å². The zero-order valence-corrected chi connectivity index (χ0v) is 28.2. The minimum atomic E-state index is -0.386. The van der Waals surface area contributed by atoms with Gasteiger partial charge < -0.3 is 4.42 Å². The Morgan fingerprint density at radius 3 is 2.30 bits per heavy atom. The zero-order chi connectivity index (χ0) is 31.3. The minimum Gasteiger partial charge on any atom is -0.460 e. The lowest BCUT2D eigenvalue weighted by Gasteiger charge is -2.42. The number of carbonyl (C=O) groups excluding carboxylic acids is 2. The van der Waals surface area contributed by atoms with E-state index in [4.69, 9.17) is 16.0 Å². The molecule has 0 spiro atoms. The van der Waals surface area contributed by atoms with Crippen molar-refractivity contribution >= 4 is 68.1 Å². The predicted molar refractivity (Wildman–Crippen MR) is 183 cm³/mol. The maximum absolute atomic E-state index is 14.1. The number of halogens is 2. The van der Waals surface area contributed by atoms with Crippen LogP contribution in [0.25, 0.3) is 11.3 Å². The van der Waals surface area contributed by atoms with E-state index in [-0.39, 0.29) is 57.4 Å². The molecular weight excluding hydrogens is 704 g/mol. The highest BCUT2D eigenvalue weighted by molar-refractivity contribution is 9.10. The SMILES string of the molecule is O=C1[C@@H]2[C@H]3C[C@@H]([C@@H]2C(=O)N1c1ccc(Cl)cc1)[C@@H]1[C@@H](c2ccc(-c4ccc(Br)cc4)o2)c2sc(=O)n(Cc4ccccc4)c2S[C@H]31. The van der Waals surface area contributed by atoms with E-state index < -0.39 is 0 Å². The van der Waals surface area contributed by atoms with Gasteiger partial charge in [0.25, 0.3) is 0 Å². The van der Waals surface area contributed by atoms with Gasteiger partial charge in [-0.1, -0.05) is 81.3 Å². The molecule has 4 aliphatic rings. The number of hydrogen-bond donors (Lipinski definition) is 0. The third-order valence-corrected chi connectivity index (χ3v) is 13.9. The summed E-state index contributed by atoms with van der Waals surface area (Å²) in [7, 11) is 0. The molecule has 46 heavy (non-hydrogen) atoms. The number of rotatable bonds is 5. The molecule has 6 nitrogen and oxygen atoms in total. The maximum atomic E-state index is 14.1. The summed E-state index contributed by atoms with van der Waals surface area (Å²) in [6.45, 7) is 0.479. The van der Waals surface area contributed by atoms with Crippen molar-refractivity contribution in [3.8, 4) is 11.3 Å². The van der Waals surface area contributed by atoms with Gasteiger partial charge in [-0.3, -0.25) is 23.9 Å². The summed E-state index contributed by atoms with van der Waals surface area (Å²) in [5.41, 5.74) is 2.60. The van der Waals surface area contributed by atoms with Crippen molar-refractivity contribution < 1.29 is 14.0 Å². The van der Waals surface area contributed by atoms with Crippen LogP contribution in [0, 0.1) is 29.6 Å². The lowest BCUT2D eigenvalue weighted by Crippen LogP contribution is -2.43. The average Bonchev–Trinajstić information content (AvgIpc) is 3.87. The molecule has 2 aromatic heterocycles. The summed E-state index contributed by atoms with van der Waals surface area (Å²) >= 11 is 12.7. The monoisotopic (exact) mass is 728 g/mol. The van der Waals surface area contributed by atoms with E-state index in [0.717, 1.165) is 43.4 Å². The van der Waals surface area contributed by atoms with E-state index in [1.165, 1.54) is 16.2 Å². The second kappa shape index (κ2) is 10.8. The van der Waals surface area contributed by atoms with Gasteiger partial charge in [0.15, 0.2) is 0 Å². The zero-order valence-electron chi connectivity index (χ0n) is 24.2. The standard InChI is InChI=1S/C36H26BrClN2O4S2/c37-20-8-6-19(7-9-20)25-14-15-26(44-25)30-27-23-16-24(29-28(23)33(41)40(34(29)42)22-12-10-21(38)11-13-22)31(27)45-35-32(30)46-36(43)39(35)17-18-4-2-1-3-5-18/h1-15,23-24,27-31H,16-17H2/t23-,24-,27-,28+,29-,30-,31-/m1/s1. The highest BCUT2D eigenvalue weighted by atomic mass is 79.9. The van der Waals surface area contributed by atoms with Crippen LogP contribution in [0.5, 0.6) is 0 Å². The summed E-state index contributed by atoms with van der Waals surface area (Å²) in [5.74, 6) is 0.457. The van der Waals surface area contributed by atoms with Crippen molar-refractivity contribution in [2.75, 3.05) is 4.90 Å². The van der Waals surface area contributed by atoms with Crippen molar-refractivity contribution in [3.63, 3.8) is 0 Å². The molecule has 9 rings (SSSR count). The first kappa shape index (κ1) is 28.8. The van der Waals surface area contributed by atoms with Gasteiger partial charge in [-0.2, -0.15) is 0 Å². The molecule has 0 unspecified atom stereocenters. The topological polar surface area (TPSA) is 72.5 Å². The number of thiazole rings is 1. The summed E-state index contributed by atoms with van der Waals surface area (Å²) in [5, 5.41) is 1.59. The Kier molecular flexibility index (Phi) is 6.79. The molecule has 1 saturated heterocycles. The number of amides is 2. The van der Waals surface area contributed by atoms with E-state index in [1.54, 1.807) is 36.0 Å². The van der Waals surface area contributed by atoms with Crippen LogP contribution in [-0.4, -0.2) is 21.6 Å². The van der Waals surface area contributed by atoms with Crippen LogP contribution >= 0.6 is 50.6 Å². The predicted octanol–water partition coefficient (Wildman–Crippen LogP) is 8.31. The van der Waals surface area contributed by atoms with Gasteiger partial charge in [-0.05, 0) is 78.3 Å². The molecule has 2 amide bonds. The molecule has 2 aliphatic heterocycles. The van der Waals surface area contributed by atoms with Crippen molar-refractivity contribution in [2.45, 2.75) is 29.2 Å². The number of anilines is 1. The number of furan rings is 1. The Morgan fingerprint density at radius 1 is 0.848 bits per heavy atom. The third-order valence-electron chi connectivity index (χ3n) is 10.3. The fourth-order valence-corrected chi connectivity index (χ4v) is 12.0. The number of fused-ring (bicyclic) bond motifs is 9. The smallest absolute Gasteiger partial charge is 0.308 e. The summed E-state index contributed by atoms with van der Waals surface area (Å²) in [6, 6.07) is 29.0. The van der Waals surface area contributed by atoms with E-state index in [9.17, 15) is 14.4 Å². The van der Waals surface area contributed by atoms with Crippen molar-refractivity contribution in [2.24, 2.45) is 29.6 Å². The molecule has 5 aromatic rings. The van der Waals surface area contributed by atoms with E-state index in [0.29, 0.717) is 17.3 Å². The maximum Gasteiger partial charge on any atom is 0.308 e. The Hall–Kier alpha value is -3.37. The first-order chi connectivity index (χ1) is 22.4. The van der Waals surface area contributed by atoms with Crippen LogP contribution in [0.2, 0.25) is 5.02 Å². The Labute approximate surface area is 286 Å². The summed E-state index contributed by atoms with van der Waals surface area (Å²) in [6.07, 6.45) is 0.818. The van der Waals surface area contributed by atoms with E-state index in [1.807, 2.05) is 71.3 Å². The van der Waals surface area contributed by atoms with Crippen LogP contribution in [0.4, 0.5) is 5.69 Å². The Morgan fingerprint density at radius 2 is 1.57 bits per heavy atom. The molecule has 0 radical (unpaired) electrons. The molecule has 4 heterocycles. The number of nitrogens with zero attached hydrogens (tertiary/aromatic N) is 2. The molecule has 2 aliphatic carbocycles. The van der Waals surface area contributed by atoms with Crippen LogP contribution in [0.15, 0.2) is 110 Å². The number of benzene rings is 3. The number of carbonyl (C=O) groups is 2.